The topological polar surface area (TPSA) is 12.0 Å². The van der Waals surface area contributed by atoms with Crippen LogP contribution in [-0.2, 0) is 0 Å². The third-order valence-corrected chi connectivity index (χ3v) is 1.96. The monoisotopic (exact) mass is 119 g/mol. The molecular weight excluding hydrogens is 110 g/mol. The van der Waals surface area contributed by atoms with Gasteiger partial charge >= 0.3 is 0 Å². The normalized spacial score (nSPS) is 30.9. The summed E-state index contributed by atoms with van der Waals surface area (Å²) in [4.78, 5) is 0. The highest BCUT2D eigenvalue weighted by Gasteiger charge is 2.46. The van der Waals surface area contributed by atoms with Crippen molar-refractivity contribution in [2.75, 3.05) is 6.54 Å². The molecule has 1 aliphatic heterocycles. The lowest BCUT2D eigenvalue weighted by Crippen LogP contribution is -2.45. The minimum atomic E-state index is 0. The standard InChI is InChI=1S/C5H9N.ClH/c1-2-5(1)3-4-6-5;/h6H,1-4H2;1H. The van der Waals surface area contributed by atoms with Crippen molar-refractivity contribution in [3.63, 3.8) is 0 Å². The van der Waals surface area contributed by atoms with E-state index in [1.807, 2.05) is 0 Å². The van der Waals surface area contributed by atoms with Gasteiger partial charge in [0.05, 0.1) is 0 Å². The fourth-order valence-corrected chi connectivity index (χ4v) is 1.06. The molecule has 7 heavy (non-hydrogen) atoms. The molecule has 1 aliphatic carbocycles. The van der Waals surface area contributed by atoms with Crippen LogP contribution >= 0.6 is 12.4 Å². The van der Waals surface area contributed by atoms with Gasteiger partial charge in [0.2, 0.25) is 0 Å². The molecule has 0 unspecified atom stereocenters. The van der Waals surface area contributed by atoms with Gasteiger partial charge < -0.3 is 5.32 Å². The summed E-state index contributed by atoms with van der Waals surface area (Å²) in [6, 6.07) is 0. The largest absolute Gasteiger partial charge is 0.311 e. The van der Waals surface area contributed by atoms with Crippen molar-refractivity contribution in [1.82, 2.24) is 5.32 Å². The van der Waals surface area contributed by atoms with Crippen LogP contribution in [0.5, 0.6) is 0 Å². The van der Waals surface area contributed by atoms with Gasteiger partial charge in [-0.05, 0) is 25.8 Å². The molecule has 1 saturated carbocycles. The first-order chi connectivity index (χ1) is 2.91. The van der Waals surface area contributed by atoms with Crippen molar-refractivity contribution in [1.29, 1.82) is 0 Å². The fourth-order valence-electron chi connectivity index (χ4n) is 1.06. The molecule has 0 aromatic carbocycles. The van der Waals surface area contributed by atoms with Gasteiger partial charge in [0.1, 0.15) is 0 Å². The lowest BCUT2D eigenvalue weighted by molar-refractivity contribution is 0.350. The van der Waals surface area contributed by atoms with E-state index >= 15 is 0 Å². The Bertz CT molecular complexity index is 72.1. The quantitative estimate of drug-likeness (QED) is 0.501. The van der Waals surface area contributed by atoms with Crippen molar-refractivity contribution in [2.24, 2.45) is 0 Å². The van der Waals surface area contributed by atoms with Crippen LogP contribution in [0.4, 0.5) is 0 Å². The Morgan fingerprint density at radius 1 is 1.14 bits per heavy atom. The lowest BCUT2D eigenvalue weighted by atomic mass is 10.1. The first kappa shape index (κ1) is 5.39. The zero-order chi connectivity index (χ0) is 4.04. The highest BCUT2D eigenvalue weighted by Crippen LogP contribution is 2.43. The van der Waals surface area contributed by atoms with Crippen LogP contribution in [0, 0.1) is 0 Å². The Morgan fingerprint density at radius 2 is 1.71 bits per heavy atom. The predicted octanol–water partition coefficient (Wildman–Crippen LogP) is 0.934. The molecule has 42 valence electrons. The van der Waals surface area contributed by atoms with E-state index in [4.69, 9.17) is 0 Å². The molecule has 0 atom stereocenters. The number of hydrogen-bond donors (Lipinski definition) is 1. The van der Waals surface area contributed by atoms with Crippen molar-refractivity contribution in [3.05, 3.63) is 0 Å². The van der Waals surface area contributed by atoms with Gasteiger partial charge in [-0.1, -0.05) is 0 Å². The second-order valence-corrected chi connectivity index (χ2v) is 2.46. The zero-order valence-electron chi connectivity index (χ0n) is 4.24. The maximum atomic E-state index is 3.40. The average molecular weight is 120 g/mol. The number of rotatable bonds is 0. The molecular formula is C5H10ClN. The van der Waals surface area contributed by atoms with Gasteiger partial charge in [-0.2, -0.15) is 0 Å². The molecule has 0 aromatic rings. The Morgan fingerprint density at radius 3 is 1.71 bits per heavy atom. The summed E-state index contributed by atoms with van der Waals surface area (Å²) in [5, 5.41) is 3.40. The van der Waals surface area contributed by atoms with E-state index in [1.165, 1.54) is 25.8 Å². The summed E-state index contributed by atoms with van der Waals surface area (Å²) in [5.74, 6) is 0. The van der Waals surface area contributed by atoms with Crippen LogP contribution in [0.25, 0.3) is 0 Å². The van der Waals surface area contributed by atoms with Crippen molar-refractivity contribution in [2.45, 2.75) is 24.8 Å². The highest BCUT2D eigenvalue weighted by molar-refractivity contribution is 5.85. The van der Waals surface area contributed by atoms with Crippen LogP contribution in [-0.4, -0.2) is 12.1 Å². The summed E-state index contributed by atoms with van der Waals surface area (Å²) in [6.07, 6.45) is 4.35. The van der Waals surface area contributed by atoms with E-state index in [-0.39, 0.29) is 12.4 Å². The second kappa shape index (κ2) is 1.36. The third kappa shape index (κ3) is 0.643. The van der Waals surface area contributed by atoms with Gasteiger partial charge in [0.25, 0.3) is 0 Å². The maximum absolute atomic E-state index is 3.40. The maximum Gasteiger partial charge on any atom is 0.0195 e. The van der Waals surface area contributed by atoms with Crippen LogP contribution in [0.15, 0.2) is 0 Å². The van der Waals surface area contributed by atoms with Crippen LogP contribution in [0.2, 0.25) is 0 Å². The number of nitrogens with one attached hydrogen (secondary N) is 1. The minimum absolute atomic E-state index is 0. The lowest BCUT2D eigenvalue weighted by Gasteiger charge is -2.26. The molecule has 2 heteroatoms. The first-order valence-corrected chi connectivity index (χ1v) is 2.66. The number of halogens is 1. The molecule has 1 N–H and O–H groups in total. The Balaban J connectivity index is 0.000000245. The van der Waals surface area contributed by atoms with Crippen LogP contribution < -0.4 is 5.32 Å². The SMILES string of the molecule is C1CC2(CC2)N1.Cl. The minimum Gasteiger partial charge on any atom is -0.311 e. The van der Waals surface area contributed by atoms with E-state index in [0.717, 1.165) is 5.54 Å². The molecule has 1 saturated heterocycles. The van der Waals surface area contributed by atoms with E-state index in [9.17, 15) is 0 Å². The average Bonchev–Trinajstić information content (AvgIpc) is 2.02. The molecule has 0 bridgehead atoms. The smallest absolute Gasteiger partial charge is 0.0195 e. The summed E-state index contributed by atoms with van der Waals surface area (Å²) in [5.41, 5.74) is 0.722. The summed E-state index contributed by atoms with van der Waals surface area (Å²) < 4.78 is 0. The van der Waals surface area contributed by atoms with Gasteiger partial charge in [-0.3, -0.25) is 0 Å². The predicted molar refractivity (Wildman–Crippen MR) is 31.8 cm³/mol. The van der Waals surface area contributed by atoms with E-state index in [2.05, 4.69) is 5.32 Å². The Hall–Kier alpha value is 0.250. The Kier molecular flexibility index (Phi) is 1.05. The molecule has 1 nitrogen and oxygen atoms in total. The zero-order valence-corrected chi connectivity index (χ0v) is 5.05. The van der Waals surface area contributed by atoms with Crippen molar-refractivity contribution in [3.8, 4) is 0 Å². The second-order valence-electron chi connectivity index (χ2n) is 2.46. The van der Waals surface area contributed by atoms with E-state index < -0.39 is 0 Å². The molecule has 2 rings (SSSR count). The molecule has 0 aromatic heterocycles. The van der Waals surface area contributed by atoms with Crippen LogP contribution in [0.3, 0.4) is 0 Å². The summed E-state index contributed by atoms with van der Waals surface area (Å²) >= 11 is 0. The molecule has 0 radical (unpaired) electrons. The molecule has 0 amide bonds. The molecule has 2 fully saturated rings. The third-order valence-electron chi connectivity index (χ3n) is 1.96. The summed E-state index contributed by atoms with van der Waals surface area (Å²) in [6.45, 7) is 1.28. The summed E-state index contributed by atoms with van der Waals surface area (Å²) in [7, 11) is 0. The Labute approximate surface area is 49.9 Å². The van der Waals surface area contributed by atoms with E-state index in [0.29, 0.717) is 0 Å². The van der Waals surface area contributed by atoms with Gasteiger partial charge in [0, 0.05) is 5.54 Å². The first-order valence-electron chi connectivity index (χ1n) is 2.66. The number of hydrogen-bond acceptors (Lipinski definition) is 1. The van der Waals surface area contributed by atoms with E-state index in [1.54, 1.807) is 0 Å². The van der Waals surface area contributed by atoms with Gasteiger partial charge in [-0.15, -0.1) is 12.4 Å². The van der Waals surface area contributed by atoms with Gasteiger partial charge in [-0.25, -0.2) is 0 Å². The molecule has 1 heterocycles. The fraction of sp³-hybridized carbons (Fsp3) is 1.00. The highest BCUT2D eigenvalue weighted by atomic mass is 35.5. The van der Waals surface area contributed by atoms with Gasteiger partial charge in [0.15, 0.2) is 0 Å². The molecule has 1 spiro atoms. The van der Waals surface area contributed by atoms with Crippen molar-refractivity contribution >= 4 is 12.4 Å². The van der Waals surface area contributed by atoms with Crippen LogP contribution in [0.1, 0.15) is 19.3 Å². The van der Waals surface area contributed by atoms with Crippen molar-refractivity contribution < 1.29 is 0 Å². The molecule has 2 aliphatic rings.